The monoisotopic (exact) mass is 267 g/mol. The van der Waals surface area contributed by atoms with Crippen LogP contribution < -0.4 is 5.32 Å². The third-order valence-corrected chi connectivity index (χ3v) is 2.87. The molecule has 0 aromatic heterocycles. The standard InChI is InChI=1S/C14H12ClF2N/c1-9-2-3-12(16)4-10(9)8-18-14-6-11(15)5-13(17)7-14/h2-7,18H,8H2,1H3. The quantitative estimate of drug-likeness (QED) is 0.861. The van der Waals surface area contributed by atoms with Crippen molar-refractivity contribution in [2.75, 3.05) is 5.32 Å². The van der Waals surface area contributed by atoms with Gasteiger partial charge in [-0.2, -0.15) is 0 Å². The van der Waals surface area contributed by atoms with Crippen molar-refractivity contribution < 1.29 is 8.78 Å². The number of hydrogen-bond acceptors (Lipinski definition) is 1. The van der Waals surface area contributed by atoms with Crippen LogP contribution in [-0.4, -0.2) is 0 Å². The first-order chi connectivity index (χ1) is 8.54. The number of nitrogens with one attached hydrogen (secondary N) is 1. The SMILES string of the molecule is Cc1ccc(F)cc1CNc1cc(F)cc(Cl)c1. The van der Waals surface area contributed by atoms with Gasteiger partial charge in [0.05, 0.1) is 0 Å². The van der Waals surface area contributed by atoms with Crippen molar-refractivity contribution in [3.8, 4) is 0 Å². The van der Waals surface area contributed by atoms with Crippen LogP contribution in [0.25, 0.3) is 0 Å². The molecule has 0 fully saturated rings. The number of hydrogen-bond donors (Lipinski definition) is 1. The molecule has 0 heterocycles. The summed E-state index contributed by atoms with van der Waals surface area (Å²) in [4.78, 5) is 0. The summed E-state index contributed by atoms with van der Waals surface area (Å²) in [6, 6.07) is 8.80. The predicted octanol–water partition coefficient (Wildman–Crippen LogP) is 4.54. The van der Waals surface area contributed by atoms with E-state index in [1.165, 1.54) is 24.3 Å². The Hall–Kier alpha value is -1.61. The Labute approximate surface area is 109 Å². The minimum atomic E-state index is -0.402. The highest BCUT2D eigenvalue weighted by Gasteiger charge is 2.02. The second-order valence-electron chi connectivity index (χ2n) is 4.08. The summed E-state index contributed by atoms with van der Waals surface area (Å²) in [5, 5.41) is 3.35. The molecular weight excluding hydrogens is 256 g/mol. The highest BCUT2D eigenvalue weighted by Crippen LogP contribution is 2.19. The van der Waals surface area contributed by atoms with Crippen LogP contribution in [0.2, 0.25) is 5.02 Å². The molecule has 0 saturated heterocycles. The number of anilines is 1. The van der Waals surface area contributed by atoms with Crippen molar-refractivity contribution in [1.82, 2.24) is 0 Å². The first-order valence-electron chi connectivity index (χ1n) is 5.49. The molecule has 0 saturated carbocycles. The maximum atomic E-state index is 13.1. The van der Waals surface area contributed by atoms with Gasteiger partial charge in [-0.15, -0.1) is 0 Å². The van der Waals surface area contributed by atoms with Crippen molar-refractivity contribution >= 4 is 17.3 Å². The van der Waals surface area contributed by atoms with E-state index in [4.69, 9.17) is 11.6 Å². The minimum Gasteiger partial charge on any atom is -0.381 e. The van der Waals surface area contributed by atoms with Crippen LogP contribution in [-0.2, 0) is 6.54 Å². The zero-order valence-corrected chi connectivity index (χ0v) is 10.6. The lowest BCUT2D eigenvalue weighted by Crippen LogP contribution is -2.02. The van der Waals surface area contributed by atoms with Crippen molar-refractivity contribution in [2.45, 2.75) is 13.5 Å². The van der Waals surface area contributed by atoms with Crippen LogP contribution in [0.3, 0.4) is 0 Å². The zero-order valence-electron chi connectivity index (χ0n) is 9.81. The van der Waals surface area contributed by atoms with E-state index in [2.05, 4.69) is 5.32 Å². The largest absolute Gasteiger partial charge is 0.381 e. The summed E-state index contributed by atoms with van der Waals surface area (Å²) < 4.78 is 26.2. The van der Waals surface area contributed by atoms with Crippen molar-refractivity contribution in [2.24, 2.45) is 0 Å². The molecule has 0 unspecified atom stereocenters. The van der Waals surface area contributed by atoms with Crippen molar-refractivity contribution in [3.05, 3.63) is 64.2 Å². The maximum Gasteiger partial charge on any atom is 0.126 e. The number of benzene rings is 2. The van der Waals surface area contributed by atoms with Crippen LogP contribution >= 0.6 is 11.6 Å². The summed E-state index contributed by atoms with van der Waals surface area (Å²) in [6.45, 7) is 2.32. The first kappa shape index (κ1) is 12.8. The number of halogens is 3. The molecule has 2 aromatic rings. The molecule has 0 aliphatic carbocycles. The van der Waals surface area contributed by atoms with E-state index >= 15 is 0 Å². The molecule has 0 atom stereocenters. The highest BCUT2D eigenvalue weighted by atomic mass is 35.5. The number of rotatable bonds is 3. The molecular formula is C14H12ClF2N. The first-order valence-corrected chi connectivity index (χ1v) is 5.87. The smallest absolute Gasteiger partial charge is 0.126 e. The van der Waals surface area contributed by atoms with E-state index in [0.29, 0.717) is 17.3 Å². The van der Waals surface area contributed by atoms with Gasteiger partial charge in [0, 0.05) is 17.3 Å². The molecule has 0 amide bonds. The molecule has 2 aromatic carbocycles. The topological polar surface area (TPSA) is 12.0 Å². The van der Waals surface area contributed by atoms with E-state index in [9.17, 15) is 8.78 Å². The minimum absolute atomic E-state index is 0.283. The molecule has 1 nitrogen and oxygen atoms in total. The van der Waals surface area contributed by atoms with E-state index in [-0.39, 0.29) is 5.82 Å². The van der Waals surface area contributed by atoms with Gasteiger partial charge in [-0.05, 0) is 48.4 Å². The Morgan fingerprint density at radius 2 is 1.83 bits per heavy atom. The third kappa shape index (κ3) is 3.20. The third-order valence-electron chi connectivity index (χ3n) is 2.66. The Balaban J connectivity index is 2.13. The van der Waals surface area contributed by atoms with Gasteiger partial charge in [0.2, 0.25) is 0 Å². The molecule has 0 bridgehead atoms. The Morgan fingerprint density at radius 3 is 2.56 bits per heavy atom. The Bertz CT molecular complexity index is 549. The van der Waals surface area contributed by atoms with E-state index in [0.717, 1.165) is 11.1 Å². The fourth-order valence-electron chi connectivity index (χ4n) is 1.68. The molecule has 0 radical (unpaired) electrons. The second-order valence-corrected chi connectivity index (χ2v) is 4.52. The van der Waals surface area contributed by atoms with Gasteiger partial charge >= 0.3 is 0 Å². The van der Waals surface area contributed by atoms with Gasteiger partial charge in [-0.25, -0.2) is 8.78 Å². The summed E-state index contributed by atoms with van der Waals surface area (Å²) in [7, 11) is 0. The van der Waals surface area contributed by atoms with Gasteiger partial charge in [-0.3, -0.25) is 0 Å². The van der Waals surface area contributed by atoms with Crippen LogP contribution in [0.5, 0.6) is 0 Å². The summed E-state index contributed by atoms with van der Waals surface area (Å²) in [5.74, 6) is -0.685. The lowest BCUT2D eigenvalue weighted by atomic mass is 10.1. The van der Waals surface area contributed by atoms with Crippen LogP contribution in [0.4, 0.5) is 14.5 Å². The zero-order chi connectivity index (χ0) is 13.1. The molecule has 0 aliphatic rings. The average molecular weight is 268 g/mol. The average Bonchev–Trinajstić information content (AvgIpc) is 2.29. The van der Waals surface area contributed by atoms with Crippen LogP contribution in [0.1, 0.15) is 11.1 Å². The highest BCUT2D eigenvalue weighted by molar-refractivity contribution is 6.30. The van der Waals surface area contributed by atoms with Gasteiger partial charge in [-0.1, -0.05) is 17.7 Å². The van der Waals surface area contributed by atoms with E-state index in [1.54, 1.807) is 12.1 Å². The lowest BCUT2D eigenvalue weighted by molar-refractivity contribution is 0.624. The molecule has 4 heteroatoms. The maximum absolute atomic E-state index is 13.1. The Kier molecular flexibility index (Phi) is 3.82. The van der Waals surface area contributed by atoms with Crippen LogP contribution in [0.15, 0.2) is 36.4 Å². The molecule has 18 heavy (non-hydrogen) atoms. The van der Waals surface area contributed by atoms with Crippen LogP contribution in [0, 0.1) is 18.6 Å². The predicted molar refractivity (Wildman–Crippen MR) is 69.9 cm³/mol. The fraction of sp³-hybridized carbons (Fsp3) is 0.143. The molecule has 94 valence electrons. The van der Waals surface area contributed by atoms with Crippen molar-refractivity contribution in [1.29, 1.82) is 0 Å². The number of aryl methyl sites for hydroxylation is 1. The molecule has 0 aliphatic heterocycles. The normalized spacial score (nSPS) is 10.4. The van der Waals surface area contributed by atoms with Gasteiger partial charge in [0.1, 0.15) is 11.6 Å². The fourth-order valence-corrected chi connectivity index (χ4v) is 1.91. The second kappa shape index (κ2) is 5.36. The lowest BCUT2D eigenvalue weighted by Gasteiger charge is -2.09. The summed E-state index contributed by atoms with van der Waals surface area (Å²) in [6.07, 6.45) is 0. The van der Waals surface area contributed by atoms with Gasteiger partial charge in [0.25, 0.3) is 0 Å². The molecule has 1 N–H and O–H groups in total. The Morgan fingerprint density at radius 1 is 1.06 bits per heavy atom. The summed E-state index contributed by atoms with van der Waals surface area (Å²) >= 11 is 5.75. The van der Waals surface area contributed by atoms with Gasteiger partial charge < -0.3 is 5.32 Å². The van der Waals surface area contributed by atoms with E-state index < -0.39 is 5.82 Å². The summed E-state index contributed by atoms with van der Waals surface area (Å²) in [5.41, 5.74) is 2.38. The van der Waals surface area contributed by atoms with Crippen molar-refractivity contribution in [3.63, 3.8) is 0 Å². The molecule has 2 rings (SSSR count). The van der Waals surface area contributed by atoms with E-state index in [1.807, 2.05) is 6.92 Å². The molecule has 0 spiro atoms. The van der Waals surface area contributed by atoms with Gasteiger partial charge in [0.15, 0.2) is 0 Å².